The monoisotopic (exact) mass is 664 g/mol. The van der Waals surface area contributed by atoms with Crippen LogP contribution in [0.2, 0.25) is 0 Å². The molecule has 0 aliphatic heterocycles. The summed E-state index contributed by atoms with van der Waals surface area (Å²) >= 11 is 0. The molecule has 0 aromatic heterocycles. The van der Waals surface area contributed by atoms with E-state index in [1.54, 1.807) is 0 Å². The summed E-state index contributed by atoms with van der Waals surface area (Å²) in [7, 11) is -18.3. The molecular weight excluding hydrogens is 652 g/mol. The molecule has 4 aromatic carbocycles. The van der Waals surface area contributed by atoms with Gasteiger partial charge in [0.25, 0.3) is 0 Å². The minimum Gasteiger partial charge on any atom is -0.744 e. The van der Waals surface area contributed by atoms with E-state index < -0.39 is 60.1 Å². The van der Waals surface area contributed by atoms with Crippen molar-refractivity contribution in [3.63, 3.8) is 0 Å². The molecule has 40 heavy (non-hydrogen) atoms. The third kappa shape index (κ3) is 11.9. The molecule has 4 aromatic rings. The molecule has 0 saturated heterocycles. The largest absolute Gasteiger partial charge is 1.00 e. The zero-order chi connectivity index (χ0) is 27.1. The third-order valence-electron chi connectivity index (χ3n) is 4.72. The molecule has 0 aliphatic rings. The summed E-state index contributed by atoms with van der Waals surface area (Å²) in [5.74, 6) is 0. The van der Waals surface area contributed by atoms with Crippen molar-refractivity contribution in [1.82, 2.24) is 0 Å². The normalized spacial score (nSPS) is 11.5. The molecule has 0 heterocycles. The molecule has 4 rings (SSSR count). The Morgan fingerprint density at radius 2 is 0.475 bits per heavy atom. The first-order valence-electron chi connectivity index (χ1n) is 9.27. The van der Waals surface area contributed by atoms with Crippen molar-refractivity contribution in [3.8, 4) is 0 Å². The van der Waals surface area contributed by atoms with Gasteiger partial charge in [-0.1, -0.05) is 24.3 Å². The van der Waals surface area contributed by atoms with Crippen molar-refractivity contribution < 1.29 is 170 Å². The van der Waals surface area contributed by atoms with E-state index in [1.807, 2.05) is 0 Å². The van der Waals surface area contributed by atoms with E-state index >= 15 is 0 Å². The van der Waals surface area contributed by atoms with Crippen molar-refractivity contribution in [1.29, 1.82) is 0 Å². The molecule has 192 valence electrons. The molecule has 0 aliphatic carbocycles. The van der Waals surface area contributed by atoms with Crippen LogP contribution in [-0.2, 0) is 40.5 Å². The van der Waals surface area contributed by atoms with Gasteiger partial charge in [-0.25, -0.2) is 33.7 Å². The second kappa shape index (κ2) is 16.4. The summed E-state index contributed by atoms with van der Waals surface area (Å²) in [5, 5.41) is 1.44. The summed E-state index contributed by atoms with van der Waals surface area (Å²) in [6.07, 6.45) is 0. The Kier molecular flexibility index (Phi) is 17.7. The van der Waals surface area contributed by atoms with Gasteiger partial charge in [0.1, 0.15) is 40.5 Å². The Morgan fingerprint density at radius 3 is 0.600 bits per heavy atom. The summed E-state index contributed by atoms with van der Waals surface area (Å²) in [4.78, 5) is -1.64. The second-order valence-electron chi connectivity index (χ2n) is 7.16. The van der Waals surface area contributed by atoms with Crippen LogP contribution in [0.3, 0.4) is 0 Å². The van der Waals surface area contributed by atoms with Gasteiger partial charge in [0.2, 0.25) is 0 Å². The molecule has 20 heteroatoms. The number of hydrogen-bond donors (Lipinski definition) is 0. The van der Waals surface area contributed by atoms with Crippen molar-refractivity contribution in [2.75, 3.05) is 0 Å². The smallest absolute Gasteiger partial charge is 0.744 e. The predicted octanol–water partition coefficient (Wildman–Crippen LogP) is -10.7. The number of benzene rings is 4. The first kappa shape index (κ1) is 43.2. The molecule has 0 N–H and O–H groups in total. The van der Waals surface area contributed by atoms with E-state index in [4.69, 9.17) is 0 Å². The van der Waals surface area contributed by atoms with Gasteiger partial charge < -0.3 is 18.2 Å². The molecule has 0 atom stereocenters. The number of hydrogen-bond acceptors (Lipinski definition) is 12. The number of fused-ring (bicyclic) bond motifs is 2. The van der Waals surface area contributed by atoms with Gasteiger partial charge in [0.05, 0.1) is 19.6 Å². The van der Waals surface area contributed by atoms with Crippen molar-refractivity contribution in [3.05, 3.63) is 72.8 Å². The quantitative estimate of drug-likeness (QED) is 0.146. The van der Waals surface area contributed by atoms with Crippen LogP contribution in [0.4, 0.5) is 0 Å². The van der Waals surface area contributed by atoms with Crippen molar-refractivity contribution >= 4 is 62.0 Å². The van der Waals surface area contributed by atoms with Gasteiger partial charge in [-0.15, -0.1) is 0 Å². The summed E-state index contributed by atoms with van der Waals surface area (Å²) in [6, 6.07) is 13.8. The fourth-order valence-corrected chi connectivity index (χ4v) is 5.05. The van der Waals surface area contributed by atoms with E-state index in [0.29, 0.717) is 21.5 Å². The maximum atomic E-state index is 10.8. The van der Waals surface area contributed by atoms with Gasteiger partial charge in [0, 0.05) is 0 Å². The molecule has 12 nitrogen and oxygen atoms in total. The maximum absolute atomic E-state index is 10.8. The van der Waals surface area contributed by atoms with Crippen molar-refractivity contribution in [2.45, 2.75) is 19.6 Å². The van der Waals surface area contributed by atoms with E-state index in [1.165, 1.54) is 24.3 Å². The van der Waals surface area contributed by atoms with Crippen LogP contribution in [0, 0.1) is 0 Å². The summed E-state index contributed by atoms with van der Waals surface area (Å²) in [5.41, 5.74) is 0. The average molecular weight is 665 g/mol. The minimum atomic E-state index is -4.56. The van der Waals surface area contributed by atoms with Gasteiger partial charge in [0.15, 0.2) is 0 Å². The van der Waals surface area contributed by atoms with Gasteiger partial charge in [-0.05, 0) is 70.1 Å². The van der Waals surface area contributed by atoms with E-state index in [9.17, 15) is 51.9 Å². The second-order valence-corrected chi connectivity index (χ2v) is 12.7. The summed E-state index contributed by atoms with van der Waals surface area (Å²) < 4.78 is 130. The zero-order valence-electron chi connectivity index (χ0n) is 21.5. The van der Waals surface area contributed by atoms with Crippen LogP contribution in [0.1, 0.15) is 0 Å². The zero-order valence-corrected chi connectivity index (χ0v) is 32.7. The van der Waals surface area contributed by atoms with Crippen molar-refractivity contribution in [2.24, 2.45) is 0 Å². The average Bonchev–Trinajstić information content (AvgIpc) is 2.75. The molecule has 0 radical (unpaired) electrons. The standard InChI is InChI=1S/2C10H8O6S2.4Na/c2*11-17(12,13)9-3-1-7-5-10(18(14,15)16)4-2-8(7)6-9;;;;/h2*1-6H,(H,11,12,13)(H,14,15,16);;;;/q;;4*+1/p-4. The molecule has 0 fully saturated rings. The van der Waals surface area contributed by atoms with Crippen LogP contribution in [-0.4, -0.2) is 51.9 Å². The van der Waals surface area contributed by atoms with Crippen LogP contribution in [0.5, 0.6) is 0 Å². The molecule has 0 unspecified atom stereocenters. The van der Waals surface area contributed by atoms with E-state index in [-0.39, 0.29) is 118 Å². The fraction of sp³-hybridized carbons (Fsp3) is 0. The van der Waals surface area contributed by atoms with Gasteiger partial charge >= 0.3 is 118 Å². The number of rotatable bonds is 4. The minimum absolute atomic E-state index is 0. The topological polar surface area (TPSA) is 229 Å². The van der Waals surface area contributed by atoms with Gasteiger partial charge in [-0.2, -0.15) is 0 Å². The van der Waals surface area contributed by atoms with Gasteiger partial charge in [-0.3, -0.25) is 0 Å². The first-order valence-corrected chi connectivity index (χ1v) is 14.9. The Labute approximate surface area is 319 Å². The molecule has 0 bridgehead atoms. The van der Waals surface area contributed by atoms with Crippen LogP contribution < -0.4 is 118 Å². The Hall–Kier alpha value is 1.04. The Balaban J connectivity index is 0. The van der Waals surface area contributed by atoms with E-state index in [0.717, 1.165) is 48.5 Å². The van der Waals surface area contributed by atoms with Crippen LogP contribution in [0.15, 0.2) is 92.4 Å². The molecule has 0 saturated carbocycles. The maximum Gasteiger partial charge on any atom is 1.00 e. The van der Waals surface area contributed by atoms with Crippen LogP contribution in [0.25, 0.3) is 21.5 Å². The Morgan fingerprint density at radius 1 is 0.325 bits per heavy atom. The molecular formula is C20H12Na4O12S4. The fourth-order valence-electron chi connectivity index (χ4n) is 3.03. The SMILES string of the molecule is O=S(=O)([O-])c1ccc2cc(S(=O)(=O)[O-])ccc2c1.O=S(=O)([O-])c1ccc2cc(S(=O)(=O)[O-])ccc2c1.[Na+].[Na+].[Na+].[Na+]. The first-order chi connectivity index (χ1) is 16.4. The predicted molar refractivity (Wildman–Crippen MR) is 120 cm³/mol. The molecule has 0 amide bonds. The Bertz CT molecular complexity index is 1660. The van der Waals surface area contributed by atoms with Crippen LogP contribution >= 0.6 is 0 Å². The molecule has 0 spiro atoms. The summed E-state index contributed by atoms with van der Waals surface area (Å²) in [6.45, 7) is 0. The van der Waals surface area contributed by atoms with E-state index in [2.05, 4.69) is 0 Å². The third-order valence-corrected chi connectivity index (χ3v) is 8.05.